The number of rotatable bonds is 4. The number of guanidine groups is 1. The van der Waals surface area contributed by atoms with Crippen LogP contribution in [0.5, 0.6) is 0 Å². The van der Waals surface area contributed by atoms with Crippen LogP contribution in [0, 0.1) is 5.82 Å². The molecule has 2 saturated heterocycles. The van der Waals surface area contributed by atoms with Gasteiger partial charge in [-0.05, 0) is 26.2 Å². The Morgan fingerprint density at radius 2 is 1.93 bits per heavy atom. The van der Waals surface area contributed by atoms with Crippen molar-refractivity contribution in [3.05, 3.63) is 34.6 Å². The SMILES string of the molecule is CN=C(NCC1CN(C)CCN1C)N1CCN(Cc2c(F)cccc2Cl)CC1. The zero-order valence-electron chi connectivity index (χ0n) is 17.2. The molecular formula is C20H32ClFN6. The maximum absolute atomic E-state index is 14.0. The lowest BCUT2D eigenvalue weighted by Gasteiger charge is -2.40. The van der Waals surface area contributed by atoms with Crippen LogP contribution in [0.25, 0.3) is 0 Å². The average Bonchev–Trinajstić information content (AvgIpc) is 2.69. The standard InChI is InChI=1S/C20H32ClFN6/c1-23-20(24-13-16-14-25(2)7-8-26(16)3)28-11-9-27(10-12-28)15-17-18(21)5-4-6-19(17)22/h4-6,16H,7-15H2,1-3H3,(H,23,24). The second-order valence-electron chi connectivity index (χ2n) is 7.79. The molecule has 0 radical (unpaired) electrons. The van der Waals surface area contributed by atoms with Crippen LogP contribution in [0.4, 0.5) is 4.39 Å². The Labute approximate surface area is 172 Å². The van der Waals surface area contributed by atoms with Gasteiger partial charge >= 0.3 is 0 Å². The summed E-state index contributed by atoms with van der Waals surface area (Å²) in [5.74, 6) is 0.721. The van der Waals surface area contributed by atoms with Crippen LogP contribution in [-0.4, -0.2) is 105 Å². The largest absolute Gasteiger partial charge is 0.355 e. The van der Waals surface area contributed by atoms with Crippen LogP contribution in [0.15, 0.2) is 23.2 Å². The molecule has 0 spiro atoms. The minimum Gasteiger partial charge on any atom is -0.355 e. The van der Waals surface area contributed by atoms with Crippen molar-refractivity contribution in [2.45, 2.75) is 12.6 Å². The molecule has 6 nitrogen and oxygen atoms in total. The highest BCUT2D eigenvalue weighted by atomic mass is 35.5. The molecule has 1 atom stereocenters. The molecule has 28 heavy (non-hydrogen) atoms. The number of piperazine rings is 2. The number of nitrogens with one attached hydrogen (secondary N) is 1. The van der Waals surface area contributed by atoms with E-state index in [1.54, 1.807) is 12.1 Å². The van der Waals surface area contributed by atoms with E-state index >= 15 is 0 Å². The molecule has 0 aliphatic carbocycles. The summed E-state index contributed by atoms with van der Waals surface area (Å²) >= 11 is 6.17. The van der Waals surface area contributed by atoms with E-state index in [1.165, 1.54) is 6.07 Å². The summed E-state index contributed by atoms with van der Waals surface area (Å²) in [5.41, 5.74) is 0.588. The first-order chi connectivity index (χ1) is 13.5. The minimum atomic E-state index is -0.228. The van der Waals surface area contributed by atoms with Gasteiger partial charge in [0.1, 0.15) is 5.82 Å². The quantitative estimate of drug-likeness (QED) is 0.600. The lowest BCUT2D eigenvalue weighted by Crippen LogP contribution is -2.57. The first kappa shape index (κ1) is 21.3. The topological polar surface area (TPSA) is 37.4 Å². The van der Waals surface area contributed by atoms with Crippen molar-refractivity contribution in [1.29, 1.82) is 0 Å². The first-order valence-electron chi connectivity index (χ1n) is 9.97. The molecule has 2 aliphatic rings. The maximum Gasteiger partial charge on any atom is 0.193 e. The molecule has 1 N–H and O–H groups in total. The van der Waals surface area contributed by atoms with Gasteiger partial charge in [0.25, 0.3) is 0 Å². The second-order valence-corrected chi connectivity index (χ2v) is 8.20. The number of halogens is 2. The highest BCUT2D eigenvalue weighted by molar-refractivity contribution is 6.31. The molecule has 0 saturated carbocycles. The zero-order chi connectivity index (χ0) is 20.1. The van der Waals surface area contributed by atoms with E-state index in [-0.39, 0.29) is 5.82 Å². The number of hydrogen-bond donors (Lipinski definition) is 1. The number of likely N-dealkylation sites (N-methyl/N-ethyl adjacent to an activating group) is 2. The number of aliphatic imine (C=N–C) groups is 1. The summed E-state index contributed by atoms with van der Waals surface area (Å²) in [7, 11) is 6.20. The van der Waals surface area contributed by atoms with Crippen molar-refractivity contribution >= 4 is 17.6 Å². The molecule has 156 valence electrons. The Morgan fingerprint density at radius 1 is 1.18 bits per heavy atom. The molecule has 0 amide bonds. The van der Waals surface area contributed by atoms with Gasteiger partial charge in [0.2, 0.25) is 0 Å². The smallest absolute Gasteiger partial charge is 0.193 e. The van der Waals surface area contributed by atoms with Gasteiger partial charge in [0.15, 0.2) is 5.96 Å². The molecular weight excluding hydrogens is 379 g/mol. The Morgan fingerprint density at radius 3 is 2.61 bits per heavy atom. The number of benzene rings is 1. The predicted molar refractivity (Wildman–Crippen MR) is 114 cm³/mol. The van der Waals surface area contributed by atoms with Crippen molar-refractivity contribution in [2.75, 3.05) is 73.5 Å². The Kier molecular flexibility index (Phi) is 7.51. The van der Waals surface area contributed by atoms with Crippen LogP contribution in [0.1, 0.15) is 5.56 Å². The van der Waals surface area contributed by atoms with E-state index in [4.69, 9.17) is 11.6 Å². The van der Waals surface area contributed by atoms with E-state index in [1.807, 2.05) is 7.05 Å². The number of hydrogen-bond acceptors (Lipinski definition) is 4. The molecule has 2 heterocycles. The van der Waals surface area contributed by atoms with Gasteiger partial charge in [0, 0.05) is 82.6 Å². The second kappa shape index (κ2) is 9.87. The molecule has 3 rings (SSSR count). The third kappa shape index (κ3) is 5.35. The Bertz CT molecular complexity index is 656. The molecule has 0 aromatic heterocycles. The molecule has 0 bridgehead atoms. The Balaban J connectivity index is 1.49. The van der Waals surface area contributed by atoms with Gasteiger partial charge in [-0.1, -0.05) is 17.7 Å². The summed E-state index contributed by atoms with van der Waals surface area (Å²) in [6.07, 6.45) is 0. The van der Waals surface area contributed by atoms with Crippen LogP contribution in [0.3, 0.4) is 0 Å². The highest BCUT2D eigenvalue weighted by Gasteiger charge is 2.25. The molecule has 1 unspecified atom stereocenters. The van der Waals surface area contributed by atoms with Crippen molar-refractivity contribution in [3.63, 3.8) is 0 Å². The molecule has 8 heteroatoms. The summed E-state index contributed by atoms with van der Waals surface area (Å²) < 4.78 is 14.0. The third-order valence-electron chi connectivity index (χ3n) is 5.80. The summed E-state index contributed by atoms with van der Waals surface area (Å²) in [6, 6.07) is 5.36. The fourth-order valence-electron chi connectivity index (χ4n) is 3.89. The zero-order valence-corrected chi connectivity index (χ0v) is 17.9. The number of nitrogens with zero attached hydrogens (tertiary/aromatic N) is 5. The van der Waals surface area contributed by atoms with Gasteiger partial charge in [-0.2, -0.15) is 0 Å². The van der Waals surface area contributed by atoms with Crippen LogP contribution < -0.4 is 5.32 Å². The highest BCUT2D eigenvalue weighted by Crippen LogP contribution is 2.21. The fraction of sp³-hybridized carbons (Fsp3) is 0.650. The van der Waals surface area contributed by atoms with E-state index in [2.05, 4.69) is 44.0 Å². The normalized spacial score (nSPS) is 23.2. The summed E-state index contributed by atoms with van der Waals surface area (Å²) in [4.78, 5) is 13.8. The molecule has 2 fully saturated rings. The van der Waals surface area contributed by atoms with Crippen LogP contribution in [-0.2, 0) is 6.54 Å². The molecule has 1 aromatic carbocycles. The minimum absolute atomic E-state index is 0.228. The predicted octanol–water partition coefficient (Wildman–Crippen LogP) is 1.42. The van der Waals surface area contributed by atoms with Gasteiger partial charge < -0.3 is 15.1 Å². The van der Waals surface area contributed by atoms with Crippen molar-refractivity contribution in [3.8, 4) is 0 Å². The van der Waals surface area contributed by atoms with Gasteiger partial charge in [-0.25, -0.2) is 4.39 Å². The lowest BCUT2D eigenvalue weighted by molar-refractivity contribution is 0.115. The summed E-state index contributed by atoms with van der Waals surface area (Å²) in [5, 5.41) is 4.05. The van der Waals surface area contributed by atoms with E-state index in [0.717, 1.165) is 58.3 Å². The van der Waals surface area contributed by atoms with Crippen LogP contribution in [0.2, 0.25) is 5.02 Å². The van der Waals surface area contributed by atoms with E-state index < -0.39 is 0 Å². The van der Waals surface area contributed by atoms with E-state index in [9.17, 15) is 4.39 Å². The molecule has 1 aromatic rings. The van der Waals surface area contributed by atoms with E-state index in [0.29, 0.717) is 23.2 Å². The average molecular weight is 411 g/mol. The monoisotopic (exact) mass is 410 g/mol. The van der Waals surface area contributed by atoms with Crippen molar-refractivity contribution < 1.29 is 4.39 Å². The Hall–Kier alpha value is -1.41. The maximum atomic E-state index is 14.0. The van der Waals surface area contributed by atoms with Gasteiger partial charge in [-0.15, -0.1) is 0 Å². The van der Waals surface area contributed by atoms with Crippen LogP contribution >= 0.6 is 11.6 Å². The summed E-state index contributed by atoms with van der Waals surface area (Å²) in [6.45, 7) is 8.17. The van der Waals surface area contributed by atoms with Gasteiger partial charge in [-0.3, -0.25) is 14.8 Å². The third-order valence-corrected chi connectivity index (χ3v) is 6.16. The first-order valence-corrected chi connectivity index (χ1v) is 10.4. The molecule has 2 aliphatic heterocycles. The lowest BCUT2D eigenvalue weighted by atomic mass is 10.2. The fourth-order valence-corrected chi connectivity index (χ4v) is 4.11. The van der Waals surface area contributed by atoms with Crippen molar-refractivity contribution in [1.82, 2.24) is 24.9 Å². The van der Waals surface area contributed by atoms with Crippen molar-refractivity contribution in [2.24, 2.45) is 4.99 Å². The van der Waals surface area contributed by atoms with Gasteiger partial charge in [0.05, 0.1) is 0 Å².